The number of rotatable bonds is 7. The summed E-state index contributed by atoms with van der Waals surface area (Å²) < 4.78 is 19.9. The van der Waals surface area contributed by atoms with Crippen LogP contribution in [0.2, 0.25) is 0 Å². The Morgan fingerprint density at radius 2 is 2.17 bits per heavy atom. The number of nitrogens with one attached hydrogen (secondary N) is 1. The lowest BCUT2D eigenvalue weighted by atomic mass is 10.0. The fraction of sp³-hybridized carbons (Fsp3) is 0.500. The van der Waals surface area contributed by atoms with Gasteiger partial charge < -0.3 is 15.0 Å². The number of carbonyl (C=O) groups excluding carboxylic acids is 1. The zero-order valence-corrected chi connectivity index (χ0v) is 20.5. The average Bonchev–Trinajstić information content (AvgIpc) is 3.08. The minimum atomic E-state index is -0.557. The van der Waals surface area contributed by atoms with Crippen molar-refractivity contribution in [3.8, 4) is 0 Å². The first-order valence-electron chi connectivity index (χ1n) is 12.7. The Morgan fingerprint density at radius 1 is 1.31 bits per heavy atom. The molecule has 3 N–H and O–H groups in total. The van der Waals surface area contributed by atoms with E-state index in [9.17, 15) is 9.18 Å². The summed E-state index contributed by atoms with van der Waals surface area (Å²) in [5.74, 6) is 6.66. The smallest absolute Gasteiger partial charge is 0.246 e. The number of hydrogen-bond acceptors (Lipinski definition) is 8. The van der Waals surface area contributed by atoms with Crippen LogP contribution in [0, 0.1) is 11.7 Å². The predicted octanol–water partition coefficient (Wildman–Crippen LogP) is 2.61. The van der Waals surface area contributed by atoms with E-state index < -0.39 is 5.82 Å². The number of anilines is 3. The van der Waals surface area contributed by atoms with Crippen LogP contribution in [-0.2, 0) is 22.5 Å². The van der Waals surface area contributed by atoms with Crippen molar-refractivity contribution in [2.24, 2.45) is 11.8 Å². The standard InChI is InChI=1S/C26H34FN7O2/c1-2-24(35)33-10-4-6-21(15-33)30-25-23(27)12-29-26(31-25)34(28)22-8-7-20-14-32(13-18-16-36-17-18)9-3-5-19(20)11-22/h2,7-8,11-12,18,21H,1,3-6,9-10,13-17,28H2,(H,29,30,31)/t21-/m1/s1. The minimum Gasteiger partial charge on any atom is -0.381 e. The van der Waals surface area contributed by atoms with Gasteiger partial charge in [0, 0.05) is 38.1 Å². The molecule has 1 atom stereocenters. The average molecular weight is 496 g/mol. The molecule has 0 bridgehead atoms. The molecule has 5 rings (SSSR count). The van der Waals surface area contributed by atoms with Crippen molar-refractivity contribution < 1.29 is 13.9 Å². The Balaban J connectivity index is 1.28. The van der Waals surface area contributed by atoms with Crippen LogP contribution in [0.15, 0.2) is 37.1 Å². The predicted molar refractivity (Wildman–Crippen MR) is 136 cm³/mol. The molecule has 0 saturated carbocycles. The fourth-order valence-corrected chi connectivity index (χ4v) is 5.18. The Labute approximate surface area is 211 Å². The number of benzene rings is 1. The van der Waals surface area contributed by atoms with Gasteiger partial charge in [-0.1, -0.05) is 12.6 Å². The van der Waals surface area contributed by atoms with E-state index in [4.69, 9.17) is 10.6 Å². The summed E-state index contributed by atoms with van der Waals surface area (Å²) in [6.07, 6.45) is 6.13. The number of fused-ring (bicyclic) bond motifs is 1. The Kier molecular flexibility index (Phi) is 7.45. The van der Waals surface area contributed by atoms with E-state index in [0.717, 1.165) is 70.4 Å². The Bertz CT molecular complexity index is 1110. The van der Waals surface area contributed by atoms with E-state index >= 15 is 0 Å². The van der Waals surface area contributed by atoms with E-state index in [-0.39, 0.29) is 23.7 Å². The molecule has 0 unspecified atom stereocenters. The lowest BCUT2D eigenvalue weighted by Crippen LogP contribution is -2.44. The van der Waals surface area contributed by atoms with Gasteiger partial charge in [0.15, 0.2) is 11.6 Å². The van der Waals surface area contributed by atoms with Crippen molar-refractivity contribution in [1.82, 2.24) is 19.8 Å². The maximum absolute atomic E-state index is 14.6. The molecule has 0 spiro atoms. The van der Waals surface area contributed by atoms with Crippen molar-refractivity contribution in [3.63, 3.8) is 0 Å². The van der Waals surface area contributed by atoms with Gasteiger partial charge >= 0.3 is 0 Å². The highest BCUT2D eigenvalue weighted by atomic mass is 19.1. The van der Waals surface area contributed by atoms with Gasteiger partial charge in [0.1, 0.15) is 0 Å². The molecular weight excluding hydrogens is 461 g/mol. The molecule has 192 valence electrons. The second-order valence-corrected chi connectivity index (χ2v) is 9.90. The van der Waals surface area contributed by atoms with Gasteiger partial charge in [-0.3, -0.25) is 9.69 Å². The number of aryl methyl sites for hydroxylation is 1. The molecule has 1 aromatic carbocycles. The minimum absolute atomic E-state index is 0.0822. The lowest BCUT2D eigenvalue weighted by molar-refractivity contribution is -0.127. The van der Waals surface area contributed by atoms with Crippen LogP contribution in [0.1, 0.15) is 30.4 Å². The van der Waals surface area contributed by atoms with E-state index in [0.29, 0.717) is 19.0 Å². The Morgan fingerprint density at radius 3 is 2.94 bits per heavy atom. The van der Waals surface area contributed by atoms with Gasteiger partial charge in [0.2, 0.25) is 11.9 Å². The van der Waals surface area contributed by atoms with E-state index in [1.165, 1.54) is 22.2 Å². The first kappa shape index (κ1) is 24.6. The Hall–Kier alpha value is -3.08. The lowest BCUT2D eigenvalue weighted by Gasteiger charge is -2.33. The zero-order valence-electron chi connectivity index (χ0n) is 20.5. The third-order valence-corrected chi connectivity index (χ3v) is 7.20. The number of nitrogens with two attached hydrogens (primary N) is 1. The molecule has 2 saturated heterocycles. The van der Waals surface area contributed by atoms with Crippen molar-refractivity contribution in [1.29, 1.82) is 0 Å². The van der Waals surface area contributed by atoms with Crippen LogP contribution >= 0.6 is 0 Å². The topological polar surface area (TPSA) is 99.9 Å². The van der Waals surface area contributed by atoms with Crippen LogP contribution in [0.25, 0.3) is 0 Å². The number of piperidine rings is 1. The van der Waals surface area contributed by atoms with Crippen molar-refractivity contribution in [2.75, 3.05) is 49.7 Å². The normalized spacial score (nSPS) is 20.7. The summed E-state index contributed by atoms with van der Waals surface area (Å²) >= 11 is 0. The summed E-state index contributed by atoms with van der Waals surface area (Å²) in [6, 6.07) is 6.06. The highest BCUT2D eigenvalue weighted by Gasteiger charge is 2.25. The molecule has 0 aliphatic carbocycles. The molecule has 4 heterocycles. The molecule has 36 heavy (non-hydrogen) atoms. The highest BCUT2D eigenvalue weighted by Crippen LogP contribution is 2.28. The summed E-state index contributed by atoms with van der Waals surface area (Å²) in [4.78, 5) is 24.7. The number of amides is 1. The first-order valence-corrected chi connectivity index (χ1v) is 12.7. The second kappa shape index (κ2) is 10.9. The highest BCUT2D eigenvalue weighted by molar-refractivity contribution is 5.87. The molecule has 1 amide bonds. The third-order valence-electron chi connectivity index (χ3n) is 7.20. The number of ether oxygens (including phenoxy) is 1. The summed E-state index contributed by atoms with van der Waals surface area (Å²) in [7, 11) is 0. The molecule has 0 radical (unpaired) electrons. The van der Waals surface area contributed by atoms with Crippen molar-refractivity contribution in [2.45, 2.75) is 38.3 Å². The quantitative estimate of drug-likeness (QED) is 0.344. The third kappa shape index (κ3) is 5.50. The molecular formula is C26H34FN7O2. The molecule has 1 aromatic heterocycles. The van der Waals surface area contributed by atoms with Crippen LogP contribution in [0.5, 0.6) is 0 Å². The van der Waals surface area contributed by atoms with Crippen LogP contribution in [-0.4, -0.2) is 71.1 Å². The van der Waals surface area contributed by atoms with E-state index in [1.807, 2.05) is 6.07 Å². The number of nitrogens with zero attached hydrogens (tertiary/aromatic N) is 5. The van der Waals surface area contributed by atoms with Crippen LogP contribution in [0.3, 0.4) is 0 Å². The van der Waals surface area contributed by atoms with Crippen LogP contribution < -0.4 is 16.2 Å². The largest absolute Gasteiger partial charge is 0.381 e. The first-order chi connectivity index (χ1) is 17.5. The van der Waals surface area contributed by atoms with Gasteiger partial charge in [0.25, 0.3) is 0 Å². The fourth-order valence-electron chi connectivity index (χ4n) is 5.18. The molecule has 9 nitrogen and oxygen atoms in total. The van der Waals surface area contributed by atoms with E-state index in [2.05, 4.69) is 38.9 Å². The molecule has 3 aliphatic rings. The maximum Gasteiger partial charge on any atom is 0.246 e. The van der Waals surface area contributed by atoms with E-state index in [1.54, 1.807) is 4.90 Å². The summed E-state index contributed by atoms with van der Waals surface area (Å²) in [5.41, 5.74) is 3.33. The molecule has 3 aliphatic heterocycles. The molecule has 2 fully saturated rings. The number of aromatic nitrogens is 2. The molecule has 10 heteroatoms. The van der Waals surface area contributed by atoms with Gasteiger partial charge in [-0.2, -0.15) is 4.98 Å². The number of carbonyl (C=O) groups is 1. The SMILES string of the molecule is C=CC(=O)N1CCC[C@@H](Nc2nc(N(N)c3ccc4c(c3)CCCN(CC3COC3)C4)ncc2F)C1. The number of hydrazine groups is 1. The summed E-state index contributed by atoms with van der Waals surface area (Å²) in [5, 5.41) is 4.54. The molecule has 2 aromatic rings. The number of halogens is 1. The monoisotopic (exact) mass is 495 g/mol. The van der Waals surface area contributed by atoms with Gasteiger partial charge in [-0.25, -0.2) is 20.2 Å². The van der Waals surface area contributed by atoms with Gasteiger partial charge in [-0.15, -0.1) is 0 Å². The van der Waals surface area contributed by atoms with Gasteiger partial charge in [0.05, 0.1) is 25.1 Å². The maximum atomic E-state index is 14.6. The van der Waals surface area contributed by atoms with Crippen molar-refractivity contribution in [3.05, 3.63) is 54.0 Å². The number of hydrogen-bond donors (Lipinski definition) is 2. The number of likely N-dealkylation sites (tertiary alicyclic amines) is 1. The second-order valence-electron chi connectivity index (χ2n) is 9.90. The van der Waals surface area contributed by atoms with Crippen LogP contribution in [0.4, 0.5) is 21.8 Å². The zero-order chi connectivity index (χ0) is 25.1. The van der Waals surface area contributed by atoms with Crippen molar-refractivity contribution >= 4 is 23.4 Å². The van der Waals surface area contributed by atoms with Gasteiger partial charge in [-0.05, 0) is 61.6 Å². The summed E-state index contributed by atoms with van der Waals surface area (Å²) in [6.45, 7) is 9.48.